The molecule has 2 saturated heterocycles. The summed E-state index contributed by atoms with van der Waals surface area (Å²) >= 11 is 0. The van der Waals surface area contributed by atoms with Gasteiger partial charge in [-0.2, -0.15) is 0 Å². The lowest BCUT2D eigenvalue weighted by Crippen LogP contribution is -2.27. The van der Waals surface area contributed by atoms with Gasteiger partial charge in [0.05, 0.1) is 0 Å². The van der Waals surface area contributed by atoms with Crippen LogP contribution in [-0.2, 0) is 4.79 Å². The summed E-state index contributed by atoms with van der Waals surface area (Å²) in [6, 6.07) is 7.23. The van der Waals surface area contributed by atoms with Crippen LogP contribution in [0.25, 0.3) is 0 Å². The SMILES string of the molecule is Cl.O=C(CC1CCNC1)Nc1ccc(C(=O)N2CCCC2)cc1. The largest absolute Gasteiger partial charge is 0.339 e. The average molecular weight is 338 g/mol. The zero-order valence-corrected chi connectivity index (χ0v) is 14.0. The van der Waals surface area contributed by atoms with E-state index >= 15 is 0 Å². The van der Waals surface area contributed by atoms with E-state index < -0.39 is 0 Å². The molecule has 1 unspecified atom stereocenters. The van der Waals surface area contributed by atoms with Gasteiger partial charge in [0.2, 0.25) is 5.91 Å². The third-order valence-corrected chi connectivity index (χ3v) is 4.45. The van der Waals surface area contributed by atoms with E-state index in [0.717, 1.165) is 51.1 Å². The molecule has 0 aliphatic carbocycles. The summed E-state index contributed by atoms with van der Waals surface area (Å²) in [6.07, 6.45) is 3.81. The minimum atomic E-state index is 0. The molecule has 1 aromatic carbocycles. The molecule has 1 atom stereocenters. The molecule has 0 aromatic heterocycles. The third kappa shape index (κ3) is 4.69. The van der Waals surface area contributed by atoms with E-state index in [9.17, 15) is 9.59 Å². The summed E-state index contributed by atoms with van der Waals surface area (Å²) < 4.78 is 0. The zero-order chi connectivity index (χ0) is 15.4. The molecular weight excluding hydrogens is 314 g/mol. The molecule has 126 valence electrons. The number of likely N-dealkylation sites (tertiary alicyclic amines) is 1. The first-order chi connectivity index (χ1) is 10.7. The molecule has 0 saturated carbocycles. The molecule has 6 heteroatoms. The van der Waals surface area contributed by atoms with Gasteiger partial charge in [-0.05, 0) is 62.5 Å². The zero-order valence-electron chi connectivity index (χ0n) is 13.2. The first-order valence-electron chi connectivity index (χ1n) is 8.12. The van der Waals surface area contributed by atoms with Gasteiger partial charge in [0.1, 0.15) is 0 Å². The number of halogens is 1. The van der Waals surface area contributed by atoms with Gasteiger partial charge in [0, 0.05) is 30.8 Å². The fourth-order valence-electron chi connectivity index (χ4n) is 3.16. The Kier molecular flexibility index (Phi) is 6.42. The van der Waals surface area contributed by atoms with Crippen molar-refractivity contribution >= 4 is 29.9 Å². The number of hydrogen-bond donors (Lipinski definition) is 2. The van der Waals surface area contributed by atoms with Crippen molar-refractivity contribution in [2.75, 3.05) is 31.5 Å². The Balaban J connectivity index is 0.00000192. The Morgan fingerprint density at radius 3 is 2.48 bits per heavy atom. The highest BCUT2D eigenvalue weighted by atomic mass is 35.5. The molecule has 2 aliphatic rings. The molecule has 2 aliphatic heterocycles. The quantitative estimate of drug-likeness (QED) is 0.886. The van der Waals surface area contributed by atoms with Gasteiger partial charge in [0.25, 0.3) is 5.91 Å². The average Bonchev–Trinajstić information content (AvgIpc) is 3.20. The Hall–Kier alpha value is -1.59. The Morgan fingerprint density at radius 1 is 1.17 bits per heavy atom. The predicted octanol–water partition coefficient (Wildman–Crippen LogP) is 2.28. The van der Waals surface area contributed by atoms with Crippen LogP contribution in [0.15, 0.2) is 24.3 Å². The maximum atomic E-state index is 12.2. The summed E-state index contributed by atoms with van der Waals surface area (Å²) in [5.41, 5.74) is 1.45. The molecule has 1 aromatic rings. The number of hydrogen-bond acceptors (Lipinski definition) is 3. The number of benzene rings is 1. The van der Waals surface area contributed by atoms with E-state index in [4.69, 9.17) is 0 Å². The van der Waals surface area contributed by atoms with Crippen LogP contribution in [0.5, 0.6) is 0 Å². The Morgan fingerprint density at radius 2 is 1.87 bits per heavy atom. The fourth-order valence-corrected chi connectivity index (χ4v) is 3.16. The summed E-state index contributed by atoms with van der Waals surface area (Å²) in [4.78, 5) is 26.1. The van der Waals surface area contributed by atoms with E-state index in [-0.39, 0.29) is 24.2 Å². The molecular formula is C17H24ClN3O2. The highest BCUT2D eigenvalue weighted by Gasteiger charge is 2.20. The van der Waals surface area contributed by atoms with E-state index in [1.54, 1.807) is 12.1 Å². The topological polar surface area (TPSA) is 61.4 Å². The summed E-state index contributed by atoms with van der Waals surface area (Å²) in [5, 5.41) is 6.18. The second-order valence-electron chi connectivity index (χ2n) is 6.19. The van der Waals surface area contributed by atoms with Crippen LogP contribution in [0, 0.1) is 5.92 Å². The number of anilines is 1. The number of carbonyl (C=O) groups is 2. The van der Waals surface area contributed by atoms with E-state index in [1.165, 1.54) is 0 Å². The second-order valence-corrected chi connectivity index (χ2v) is 6.19. The Labute approximate surface area is 143 Å². The fraction of sp³-hybridized carbons (Fsp3) is 0.529. The van der Waals surface area contributed by atoms with Crippen molar-refractivity contribution in [3.8, 4) is 0 Å². The summed E-state index contributed by atoms with van der Waals surface area (Å²) in [5.74, 6) is 0.579. The molecule has 0 radical (unpaired) electrons. The van der Waals surface area contributed by atoms with Gasteiger partial charge >= 0.3 is 0 Å². The van der Waals surface area contributed by atoms with Crippen LogP contribution in [0.3, 0.4) is 0 Å². The van der Waals surface area contributed by atoms with Gasteiger partial charge in [-0.15, -0.1) is 12.4 Å². The lowest BCUT2D eigenvalue weighted by molar-refractivity contribution is -0.116. The van der Waals surface area contributed by atoms with Gasteiger partial charge in [-0.3, -0.25) is 9.59 Å². The predicted molar refractivity (Wildman–Crippen MR) is 93.1 cm³/mol. The molecule has 2 N–H and O–H groups in total. The number of carbonyl (C=O) groups excluding carboxylic acids is 2. The Bertz CT molecular complexity index is 535. The van der Waals surface area contributed by atoms with Crippen LogP contribution in [0.1, 0.15) is 36.0 Å². The molecule has 3 rings (SSSR count). The van der Waals surface area contributed by atoms with Crippen molar-refractivity contribution in [1.29, 1.82) is 0 Å². The van der Waals surface area contributed by atoms with Crippen LogP contribution in [0.4, 0.5) is 5.69 Å². The van der Waals surface area contributed by atoms with Crippen LogP contribution >= 0.6 is 12.4 Å². The maximum Gasteiger partial charge on any atom is 0.253 e. The molecule has 23 heavy (non-hydrogen) atoms. The standard InChI is InChI=1S/C17H23N3O2.ClH/c21-16(11-13-7-8-18-12-13)19-15-5-3-14(4-6-15)17(22)20-9-1-2-10-20;/h3-6,13,18H,1-2,7-12H2,(H,19,21);1H. The summed E-state index contributed by atoms with van der Waals surface area (Å²) in [7, 11) is 0. The molecule has 2 amide bonds. The number of amides is 2. The van der Waals surface area contributed by atoms with Crippen LogP contribution < -0.4 is 10.6 Å². The van der Waals surface area contributed by atoms with Crippen LogP contribution in [-0.4, -0.2) is 42.9 Å². The monoisotopic (exact) mass is 337 g/mol. The van der Waals surface area contributed by atoms with E-state index in [2.05, 4.69) is 10.6 Å². The van der Waals surface area contributed by atoms with Crippen molar-refractivity contribution in [2.24, 2.45) is 5.92 Å². The van der Waals surface area contributed by atoms with Crippen molar-refractivity contribution in [1.82, 2.24) is 10.2 Å². The van der Waals surface area contributed by atoms with Gasteiger partial charge in [-0.25, -0.2) is 0 Å². The molecule has 0 spiro atoms. The first kappa shape index (κ1) is 17.8. The van der Waals surface area contributed by atoms with Gasteiger partial charge < -0.3 is 15.5 Å². The summed E-state index contributed by atoms with van der Waals surface area (Å²) in [6.45, 7) is 3.64. The number of nitrogens with zero attached hydrogens (tertiary/aromatic N) is 1. The molecule has 5 nitrogen and oxygen atoms in total. The lowest BCUT2D eigenvalue weighted by atomic mass is 10.0. The van der Waals surface area contributed by atoms with Crippen molar-refractivity contribution < 1.29 is 9.59 Å². The minimum Gasteiger partial charge on any atom is -0.339 e. The molecule has 0 bridgehead atoms. The van der Waals surface area contributed by atoms with Crippen LogP contribution in [0.2, 0.25) is 0 Å². The van der Waals surface area contributed by atoms with Crippen molar-refractivity contribution in [3.05, 3.63) is 29.8 Å². The molecule has 2 fully saturated rings. The van der Waals surface area contributed by atoms with Gasteiger partial charge in [0.15, 0.2) is 0 Å². The number of nitrogens with one attached hydrogen (secondary N) is 2. The number of rotatable bonds is 4. The minimum absolute atomic E-state index is 0. The van der Waals surface area contributed by atoms with Crippen molar-refractivity contribution in [3.63, 3.8) is 0 Å². The van der Waals surface area contributed by atoms with Crippen molar-refractivity contribution in [2.45, 2.75) is 25.7 Å². The lowest BCUT2D eigenvalue weighted by Gasteiger charge is -2.15. The van der Waals surface area contributed by atoms with E-state index in [1.807, 2.05) is 17.0 Å². The second kappa shape index (κ2) is 8.31. The smallest absolute Gasteiger partial charge is 0.253 e. The molecule has 2 heterocycles. The third-order valence-electron chi connectivity index (χ3n) is 4.45. The maximum absolute atomic E-state index is 12.2. The van der Waals surface area contributed by atoms with Gasteiger partial charge in [-0.1, -0.05) is 0 Å². The highest BCUT2D eigenvalue weighted by molar-refractivity contribution is 5.96. The van der Waals surface area contributed by atoms with E-state index in [0.29, 0.717) is 17.9 Å². The normalized spacial score (nSPS) is 20.2. The highest BCUT2D eigenvalue weighted by Crippen LogP contribution is 2.17. The first-order valence-corrected chi connectivity index (χ1v) is 8.12.